The Morgan fingerprint density at radius 1 is 1.26 bits per heavy atom. The van der Waals surface area contributed by atoms with Gasteiger partial charge in [0.1, 0.15) is 0 Å². The Balaban J connectivity index is 1.79. The van der Waals surface area contributed by atoms with Crippen LogP contribution in [0.1, 0.15) is 30.7 Å². The molecular formula is C19H28N2O2. The van der Waals surface area contributed by atoms with Crippen molar-refractivity contribution in [3.05, 3.63) is 35.9 Å². The van der Waals surface area contributed by atoms with Gasteiger partial charge in [0.15, 0.2) is 0 Å². The van der Waals surface area contributed by atoms with E-state index in [1.54, 1.807) is 7.11 Å². The number of carbonyl (C=O) groups excluding carboxylic acids is 1. The Morgan fingerprint density at radius 3 is 2.48 bits per heavy atom. The highest BCUT2D eigenvalue weighted by Gasteiger charge is 2.49. The van der Waals surface area contributed by atoms with Crippen LogP contribution in [0.25, 0.3) is 0 Å². The second-order valence-corrected chi connectivity index (χ2v) is 7.33. The summed E-state index contributed by atoms with van der Waals surface area (Å²) in [6, 6.07) is 11.0. The molecule has 1 aromatic carbocycles. The average molecular weight is 316 g/mol. The summed E-state index contributed by atoms with van der Waals surface area (Å²) in [6.45, 7) is 2.19. The number of likely N-dealkylation sites (N-methyl/N-ethyl adjacent to an activating group) is 1. The van der Waals surface area contributed by atoms with Gasteiger partial charge in [-0.2, -0.15) is 0 Å². The first-order chi connectivity index (χ1) is 11.1. The lowest BCUT2D eigenvalue weighted by molar-refractivity contribution is -0.151. The molecule has 1 amide bonds. The van der Waals surface area contributed by atoms with E-state index in [0.29, 0.717) is 24.5 Å². The third-order valence-corrected chi connectivity index (χ3v) is 5.65. The molecule has 2 atom stereocenters. The summed E-state index contributed by atoms with van der Waals surface area (Å²) in [6.07, 6.45) is 3.08. The van der Waals surface area contributed by atoms with Crippen molar-refractivity contribution < 1.29 is 9.53 Å². The molecule has 23 heavy (non-hydrogen) atoms. The van der Waals surface area contributed by atoms with Crippen molar-refractivity contribution in [2.75, 3.05) is 40.9 Å². The maximum atomic E-state index is 13.1. The fourth-order valence-electron chi connectivity index (χ4n) is 4.14. The molecule has 3 rings (SSSR count). The van der Waals surface area contributed by atoms with Crippen molar-refractivity contribution in [1.29, 1.82) is 0 Å². The summed E-state index contributed by atoms with van der Waals surface area (Å²) in [5.74, 6) is 0.686. The number of benzene rings is 1. The van der Waals surface area contributed by atoms with E-state index in [1.165, 1.54) is 5.56 Å². The van der Waals surface area contributed by atoms with Crippen LogP contribution in [0.2, 0.25) is 0 Å². The number of ether oxygens (including phenoxy) is 1. The normalized spacial score (nSPS) is 26.3. The molecule has 0 radical (unpaired) electrons. The maximum Gasteiger partial charge on any atom is 0.231 e. The van der Waals surface area contributed by atoms with Crippen LogP contribution < -0.4 is 0 Å². The minimum atomic E-state index is -0.253. The van der Waals surface area contributed by atoms with Crippen molar-refractivity contribution >= 4 is 5.91 Å². The van der Waals surface area contributed by atoms with E-state index in [-0.39, 0.29) is 5.41 Å². The number of likely N-dealkylation sites (tertiary alicyclic amines) is 1. The van der Waals surface area contributed by atoms with Gasteiger partial charge < -0.3 is 14.5 Å². The number of rotatable bonds is 5. The lowest BCUT2D eigenvalue weighted by atomic mass is 9.68. The molecule has 0 N–H and O–H groups in total. The summed E-state index contributed by atoms with van der Waals surface area (Å²) in [5.41, 5.74) is 1.08. The second kappa shape index (κ2) is 6.62. The molecule has 126 valence electrons. The molecule has 4 nitrogen and oxygen atoms in total. The Morgan fingerprint density at radius 2 is 1.96 bits per heavy atom. The van der Waals surface area contributed by atoms with Gasteiger partial charge in [-0.15, -0.1) is 0 Å². The molecule has 1 heterocycles. The van der Waals surface area contributed by atoms with Crippen molar-refractivity contribution in [3.8, 4) is 0 Å². The lowest BCUT2D eigenvalue weighted by Crippen LogP contribution is -2.50. The van der Waals surface area contributed by atoms with Crippen LogP contribution in [0.5, 0.6) is 0 Å². The molecule has 2 fully saturated rings. The predicted molar refractivity (Wildman–Crippen MR) is 91.4 cm³/mol. The maximum absolute atomic E-state index is 13.1. The van der Waals surface area contributed by atoms with E-state index in [0.717, 1.165) is 32.4 Å². The zero-order valence-corrected chi connectivity index (χ0v) is 14.5. The molecule has 0 aromatic heterocycles. The van der Waals surface area contributed by atoms with Crippen molar-refractivity contribution in [2.45, 2.75) is 31.2 Å². The van der Waals surface area contributed by atoms with Gasteiger partial charge >= 0.3 is 0 Å². The van der Waals surface area contributed by atoms with Crippen LogP contribution in [-0.4, -0.2) is 62.7 Å². The van der Waals surface area contributed by atoms with Gasteiger partial charge in [0, 0.05) is 32.2 Å². The molecule has 1 aromatic rings. The molecule has 1 aliphatic heterocycles. The summed E-state index contributed by atoms with van der Waals surface area (Å²) >= 11 is 0. The number of hydrogen-bond donors (Lipinski definition) is 0. The quantitative estimate of drug-likeness (QED) is 0.836. The molecule has 1 saturated heterocycles. The fraction of sp³-hybridized carbons (Fsp3) is 0.632. The molecular weight excluding hydrogens is 288 g/mol. The standard InChI is InChI=1S/C19H28N2O2/c1-20(2)17-13-21(12-16(17)15-8-5-4-6-9-15)18(22)19(14-23-3)10-7-11-19/h4-6,8-9,16-17H,7,10-14H2,1-3H3/t16-,17+/m1/s1. The Bertz CT molecular complexity index is 540. The van der Waals surface area contributed by atoms with E-state index >= 15 is 0 Å². The van der Waals surface area contributed by atoms with Gasteiger partial charge in [0.2, 0.25) is 5.91 Å². The number of amides is 1. The SMILES string of the molecule is COCC1(C(=O)N2C[C@H](c3ccccc3)[C@@H](N(C)C)C2)CCC1. The Hall–Kier alpha value is -1.39. The highest BCUT2D eigenvalue weighted by molar-refractivity contribution is 5.84. The minimum absolute atomic E-state index is 0.253. The van der Waals surface area contributed by atoms with Crippen LogP contribution in [0, 0.1) is 5.41 Å². The monoisotopic (exact) mass is 316 g/mol. The first-order valence-electron chi connectivity index (χ1n) is 8.57. The first-order valence-corrected chi connectivity index (χ1v) is 8.57. The van der Waals surface area contributed by atoms with E-state index < -0.39 is 0 Å². The number of methoxy groups -OCH3 is 1. The van der Waals surface area contributed by atoms with E-state index in [1.807, 2.05) is 6.07 Å². The van der Waals surface area contributed by atoms with Gasteiger partial charge in [-0.3, -0.25) is 4.79 Å². The van der Waals surface area contributed by atoms with Gasteiger partial charge in [-0.05, 0) is 32.5 Å². The molecule has 4 heteroatoms. The molecule has 1 saturated carbocycles. The van der Waals surface area contributed by atoms with Gasteiger partial charge in [0.25, 0.3) is 0 Å². The van der Waals surface area contributed by atoms with Crippen LogP contribution in [0.3, 0.4) is 0 Å². The van der Waals surface area contributed by atoms with Crippen molar-refractivity contribution in [2.24, 2.45) is 5.41 Å². The topological polar surface area (TPSA) is 32.8 Å². The van der Waals surface area contributed by atoms with E-state index in [4.69, 9.17) is 4.74 Å². The second-order valence-electron chi connectivity index (χ2n) is 7.33. The smallest absolute Gasteiger partial charge is 0.231 e. The van der Waals surface area contributed by atoms with Crippen LogP contribution >= 0.6 is 0 Å². The van der Waals surface area contributed by atoms with Crippen LogP contribution in [0.15, 0.2) is 30.3 Å². The Kier molecular flexibility index (Phi) is 4.74. The van der Waals surface area contributed by atoms with Gasteiger partial charge in [-0.25, -0.2) is 0 Å². The summed E-state index contributed by atoms with van der Waals surface area (Å²) in [4.78, 5) is 17.5. The highest BCUT2D eigenvalue weighted by atomic mass is 16.5. The first kappa shape index (κ1) is 16.5. The largest absolute Gasteiger partial charge is 0.384 e. The Labute approximate surface area is 139 Å². The van der Waals surface area contributed by atoms with Gasteiger partial charge in [-0.1, -0.05) is 36.8 Å². The van der Waals surface area contributed by atoms with Crippen LogP contribution in [0.4, 0.5) is 0 Å². The van der Waals surface area contributed by atoms with Gasteiger partial charge in [0.05, 0.1) is 12.0 Å². The highest BCUT2D eigenvalue weighted by Crippen LogP contribution is 2.44. The average Bonchev–Trinajstić information content (AvgIpc) is 2.96. The van der Waals surface area contributed by atoms with Crippen molar-refractivity contribution in [1.82, 2.24) is 9.80 Å². The molecule has 0 unspecified atom stereocenters. The van der Waals surface area contributed by atoms with Crippen molar-refractivity contribution in [3.63, 3.8) is 0 Å². The molecule has 2 aliphatic rings. The molecule has 0 bridgehead atoms. The fourth-order valence-corrected chi connectivity index (χ4v) is 4.14. The summed E-state index contributed by atoms with van der Waals surface area (Å²) in [5, 5.41) is 0. The number of hydrogen-bond acceptors (Lipinski definition) is 3. The predicted octanol–water partition coefficient (Wildman–Crippen LogP) is 2.36. The van der Waals surface area contributed by atoms with E-state index in [2.05, 4.69) is 48.2 Å². The summed E-state index contributed by atoms with van der Waals surface area (Å²) < 4.78 is 5.36. The third kappa shape index (κ3) is 3.02. The number of carbonyl (C=O) groups is 1. The van der Waals surface area contributed by atoms with E-state index in [9.17, 15) is 4.79 Å². The lowest BCUT2D eigenvalue weighted by Gasteiger charge is -2.42. The third-order valence-electron chi connectivity index (χ3n) is 5.65. The van der Waals surface area contributed by atoms with Crippen LogP contribution in [-0.2, 0) is 9.53 Å². The minimum Gasteiger partial charge on any atom is -0.384 e. The molecule has 0 spiro atoms. The zero-order valence-electron chi connectivity index (χ0n) is 14.5. The summed E-state index contributed by atoms with van der Waals surface area (Å²) in [7, 11) is 5.93. The molecule has 1 aliphatic carbocycles. The zero-order chi connectivity index (χ0) is 16.4. The number of nitrogens with zero attached hydrogens (tertiary/aromatic N) is 2.